The topological polar surface area (TPSA) is 54.0 Å². The van der Waals surface area contributed by atoms with Crippen molar-refractivity contribution in [2.24, 2.45) is 0 Å². The average molecular weight is 309 g/mol. The molecule has 1 amide bonds. The molecule has 0 aliphatic carbocycles. The summed E-state index contributed by atoms with van der Waals surface area (Å²) in [6.45, 7) is 6.03. The molecule has 1 aliphatic rings. The second-order valence-corrected chi connectivity index (χ2v) is 6.79. The van der Waals surface area contributed by atoms with Crippen molar-refractivity contribution in [2.75, 3.05) is 5.32 Å². The van der Waals surface area contributed by atoms with Gasteiger partial charge in [-0.15, -0.1) is 0 Å². The molecule has 2 atom stereocenters. The van der Waals surface area contributed by atoms with E-state index in [-0.39, 0.29) is 11.4 Å². The number of hydrogen-bond acceptors (Lipinski definition) is 3. The van der Waals surface area contributed by atoms with Crippen LogP contribution in [-0.2, 0) is 4.79 Å². The molecular weight excluding hydrogens is 286 g/mol. The van der Waals surface area contributed by atoms with Crippen LogP contribution in [0.25, 0.3) is 0 Å². The van der Waals surface area contributed by atoms with E-state index in [0.717, 1.165) is 12.1 Å². The molecule has 23 heavy (non-hydrogen) atoms. The third-order valence-corrected chi connectivity index (χ3v) is 4.63. The third kappa shape index (κ3) is 3.42. The second-order valence-electron chi connectivity index (χ2n) is 6.79. The minimum Gasteiger partial charge on any atom is -0.326 e. The van der Waals surface area contributed by atoms with Gasteiger partial charge in [-0.2, -0.15) is 0 Å². The maximum Gasteiger partial charge on any atom is 0.221 e. The van der Waals surface area contributed by atoms with Crippen molar-refractivity contribution < 1.29 is 4.79 Å². The SMILES string of the molecule is CC(=O)Nc1ccc([C@@H]2C[C@H](c3ccncc3)C(C)(C)N2)cc1. The Kier molecular flexibility index (Phi) is 4.18. The van der Waals surface area contributed by atoms with E-state index in [1.807, 2.05) is 24.5 Å². The Morgan fingerprint density at radius 3 is 2.39 bits per heavy atom. The maximum atomic E-state index is 11.1. The summed E-state index contributed by atoms with van der Waals surface area (Å²) < 4.78 is 0. The average Bonchev–Trinajstić information content (AvgIpc) is 2.84. The van der Waals surface area contributed by atoms with Gasteiger partial charge in [0.25, 0.3) is 0 Å². The molecule has 2 N–H and O–H groups in total. The fourth-order valence-corrected chi connectivity index (χ4v) is 3.51. The lowest BCUT2D eigenvalue weighted by atomic mass is 9.83. The number of benzene rings is 1. The summed E-state index contributed by atoms with van der Waals surface area (Å²) >= 11 is 0. The fourth-order valence-electron chi connectivity index (χ4n) is 3.51. The van der Waals surface area contributed by atoms with E-state index < -0.39 is 0 Å². The van der Waals surface area contributed by atoms with Crippen LogP contribution in [-0.4, -0.2) is 16.4 Å². The Bertz CT molecular complexity index is 680. The van der Waals surface area contributed by atoms with Crippen LogP contribution in [0.15, 0.2) is 48.8 Å². The number of nitrogens with zero attached hydrogens (tertiary/aromatic N) is 1. The van der Waals surface area contributed by atoms with Crippen molar-refractivity contribution in [3.05, 3.63) is 59.9 Å². The van der Waals surface area contributed by atoms with Crippen LogP contribution in [0.2, 0.25) is 0 Å². The van der Waals surface area contributed by atoms with E-state index in [9.17, 15) is 4.79 Å². The smallest absolute Gasteiger partial charge is 0.221 e. The molecule has 1 aromatic heterocycles. The van der Waals surface area contributed by atoms with Gasteiger partial charge in [-0.1, -0.05) is 12.1 Å². The summed E-state index contributed by atoms with van der Waals surface area (Å²) in [4.78, 5) is 15.2. The number of rotatable bonds is 3. The quantitative estimate of drug-likeness (QED) is 0.910. The van der Waals surface area contributed by atoms with Gasteiger partial charge in [-0.3, -0.25) is 9.78 Å². The minimum absolute atomic E-state index is 0.0301. The standard InChI is InChI=1S/C19H23N3O/c1-13(23)21-16-6-4-15(5-7-16)18-12-17(19(2,3)22-18)14-8-10-20-11-9-14/h4-11,17-18,22H,12H2,1-3H3,(H,21,23)/t17-,18+/m1/s1. The number of nitrogens with one attached hydrogen (secondary N) is 2. The molecule has 0 unspecified atom stereocenters. The predicted molar refractivity (Wildman–Crippen MR) is 92.3 cm³/mol. The van der Waals surface area contributed by atoms with Gasteiger partial charge in [0.05, 0.1) is 0 Å². The first-order valence-electron chi connectivity index (χ1n) is 8.01. The number of carbonyl (C=O) groups excluding carboxylic acids is 1. The summed E-state index contributed by atoms with van der Waals surface area (Å²) in [5.41, 5.74) is 3.45. The van der Waals surface area contributed by atoms with Crippen molar-refractivity contribution in [1.29, 1.82) is 0 Å². The monoisotopic (exact) mass is 309 g/mol. The molecule has 4 nitrogen and oxygen atoms in total. The van der Waals surface area contributed by atoms with Crippen molar-refractivity contribution >= 4 is 11.6 Å². The first-order valence-corrected chi connectivity index (χ1v) is 8.01. The Morgan fingerprint density at radius 1 is 1.13 bits per heavy atom. The van der Waals surface area contributed by atoms with Crippen molar-refractivity contribution in [1.82, 2.24) is 10.3 Å². The molecule has 0 saturated carbocycles. The van der Waals surface area contributed by atoms with E-state index in [0.29, 0.717) is 12.0 Å². The van der Waals surface area contributed by atoms with Crippen LogP contribution in [0.1, 0.15) is 50.3 Å². The zero-order valence-corrected chi connectivity index (χ0v) is 13.8. The van der Waals surface area contributed by atoms with E-state index in [1.165, 1.54) is 18.1 Å². The lowest BCUT2D eigenvalue weighted by Gasteiger charge is -2.27. The first-order chi connectivity index (χ1) is 11.0. The largest absolute Gasteiger partial charge is 0.326 e. The minimum atomic E-state index is -0.0457. The molecule has 2 heterocycles. The van der Waals surface area contributed by atoms with E-state index in [2.05, 4.69) is 53.7 Å². The number of pyridine rings is 1. The molecule has 0 radical (unpaired) electrons. The summed E-state index contributed by atoms with van der Waals surface area (Å²) in [5, 5.41) is 6.55. The normalized spacial score (nSPS) is 22.7. The molecule has 2 aromatic rings. The number of hydrogen-bond donors (Lipinski definition) is 2. The van der Waals surface area contributed by atoms with Crippen molar-refractivity contribution in [3.63, 3.8) is 0 Å². The number of anilines is 1. The van der Waals surface area contributed by atoms with Crippen LogP contribution in [0.4, 0.5) is 5.69 Å². The van der Waals surface area contributed by atoms with Gasteiger partial charge in [0.15, 0.2) is 0 Å². The van der Waals surface area contributed by atoms with Crippen LogP contribution < -0.4 is 10.6 Å². The second kappa shape index (κ2) is 6.13. The van der Waals surface area contributed by atoms with Crippen LogP contribution >= 0.6 is 0 Å². The maximum absolute atomic E-state index is 11.1. The highest BCUT2D eigenvalue weighted by atomic mass is 16.1. The van der Waals surface area contributed by atoms with Gasteiger partial charge in [-0.05, 0) is 55.7 Å². The summed E-state index contributed by atoms with van der Waals surface area (Å²) in [7, 11) is 0. The molecule has 1 fully saturated rings. The molecule has 3 rings (SSSR count). The third-order valence-electron chi connectivity index (χ3n) is 4.63. The molecule has 1 aliphatic heterocycles. The van der Waals surface area contributed by atoms with Crippen LogP contribution in [0.3, 0.4) is 0 Å². The number of aromatic nitrogens is 1. The van der Waals surface area contributed by atoms with Gasteiger partial charge < -0.3 is 10.6 Å². The molecular formula is C19H23N3O. The molecule has 120 valence electrons. The molecule has 0 bridgehead atoms. The fraction of sp³-hybridized carbons (Fsp3) is 0.368. The Balaban J connectivity index is 1.79. The van der Waals surface area contributed by atoms with Crippen LogP contribution in [0, 0.1) is 0 Å². The van der Waals surface area contributed by atoms with E-state index in [4.69, 9.17) is 0 Å². The molecule has 0 spiro atoms. The van der Waals surface area contributed by atoms with Crippen LogP contribution in [0.5, 0.6) is 0 Å². The highest BCUT2D eigenvalue weighted by Gasteiger charge is 2.40. The number of carbonyl (C=O) groups is 1. The Morgan fingerprint density at radius 2 is 1.78 bits per heavy atom. The lowest BCUT2D eigenvalue weighted by molar-refractivity contribution is -0.114. The van der Waals surface area contributed by atoms with Crippen molar-refractivity contribution in [2.45, 2.75) is 44.7 Å². The Labute approximate surface area is 137 Å². The van der Waals surface area contributed by atoms with Gasteiger partial charge in [-0.25, -0.2) is 0 Å². The summed E-state index contributed by atoms with van der Waals surface area (Å²) in [6, 6.07) is 12.6. The van der Waals surface area contributed by atoms with E-state index in [1.54, 1.807) is 0 Å². The number of amides is 1. The predicted octanol–water partition coefficient (Wildman–Crippen LogP) is 3.64. The molecule has 4 heteroatoms. The van der Waals surface area contributed by atoms with Gasteiger partial charge in [0.2, 0.25) is 5.91 Å². The van der Waals surface area contributed by atoms with Gasteiger partial charge in [0.1, 0.15) is 0 Å². The highest BCUT2D eigenvalue weighted by molar-refractivity contribution is 5.88. The first kappa shape index (κ1) is 15.7. The zero-order valence-electron chi connectivity index (χ0n) is 13.8. The summed E-state index contributed by atoms with van der Waals surface area (Å²) in [5.74, 6) is 0.404. The zero-order chi connectivity index (χ0) is 16.4. The summed E-state index contributed by atoms with van der Waals surface area (Å²) in [6.07, 6.45) is 4.78. The molecule has 1 saturated heterocycles. The highest BCUT2D eigenvalue weighted by Crippen LogP contribution is 2.43. The van der Waals surface area contributed by atoms with Gasteiger partial charge in [0, 0.05) is 42.5 Å². The van der Waals surface area contributed by atoms with Gasteiger partial charge >= 0.3 is 0 Å². The lowest BCUT2D eigenvalue weighted by Crippen LogP contribution is -2.37. The molecule has 1 aromatic carbocycles. The van der Waals surface area contributed by atoms with E-state index >= 15 is 0 Å². The van der Waals surface area contributed by atoms with Crippen molar-refractivity contribution in [3.8, 4) is 0 Å². The Hall–Kier alpha value is -2.20.